The van der Waals surface area contributed by atoms with Gasteiger partial charge < -0.3 is 25.4 Å². The first-order valence-corrected chi connectivity index (χ1v) is 11.2. The Kier molecular flexibility index (Phi) is 7.16. The Morgan fingerprint density at radius 2 is 1.34 bits per heavy atom. The Bertz CT molecular complexity index is 1360. The lowest BCUT2D eigenvalue weighted by atomic mass is 10.1. The van der Waals surface area contributed by atoms with Crippen molar-refractivity contribution in [2.75, 3.05) is 30.2 Å². The van der Waals surface area contributed by atoms with Gasteiger partial charge in [0.15, 0.2) is 0 Å². The number of nitrogens with one attached hydrogen (secondary N) is 3. The summed E-state index contributed by atoms with van der Waals surface area (Å²) >= 11 is 0. The largest absolute Gasteiger partial charge is 0.495 e. The molecule has 0 unspecified atom stereocenters. The first-order chi connectivity index (χ1) is 17.0. The van der Waals surface area contributed by atoms with Crippen LogP contribution in [0.1, 0.15) is 17.3 Å². The molecule has 0 heterocycles. The van der Waals surface area contributed by atoms with Crippen LogP contribution in [0.5, 0.6) is 11.5 Å². The van der Waals surface area contributed by atoms with Crippen LogP contribution in [-0.4, -0.2) is 32.1 Å². The number of hydrogen-bond acceptors (Lipinski definition) is 5. The molecule has 4 rings (SSSR count). The molecular weight excluding hydrogens is 442 g/mol. The molecule has 3 N–H and O–H groups in total. The molecule has 1 atom stereocenters. The normalized spacial score (nSPS) is 11.4. The molecule has 35 heavy (non-hydrogen) atoms. The average Bonchev–Trinajstić information content (AvgIpc) is 2.89. The second kappa shape index (κ2) is 10.6. The van der Waals surface area contributed by atoms with Crippen molar-refractivity contribution in [1.82, 2.24) is 0 Å². The highest BCUT2D eigenvalue weighted by molar-refractivity contribution is 6.05. The maximum absolute atomic E-state index is 12.9. The van der Waals surface area contributed by atoms with Gasteiger partial charge in [-0.05, 0) is 42.0 Å². The average molecular weight is 470 g/mol. The van der Waals surface area contributed by atoms with Crippen LogP contribution >= 0.6 is 0 Å². The highest BCUT2D eigenvalue weighted by Crippen LogP contribution is 2.37. The molecule has 0 aliphatic heterocycles. The number of rotatable bonds is 8. The summed E-state index contributed by atoms with van der Waals surface area (Å²) in [6.45, 7) is 1.76. The lowest BCUT2D eigenvalue weighted by molar-refractivity contribution is -0.116. The maximum atomic E-state index is 12.9. The minimum absolute atomic E-state index is 0.206. The van der Waals surface area contributed by atoms with Crippen LogP contribution in [0.2, 0.25) is 0 Å². The van der Waals surface area contributed by atoms with Gasteiger partial charge in [-0.15, -0.1) is 0 Å². The zero-order valence-electron chi connectivity index (χ0n) is 19.8. The number of amides is 2. The molecule has 7 heteroatoms. The monoisotopic (exact) mass is 469 g/mol. The van der Waals surface area contributed by atoms with Crippen LogP contribution in [0.3, 0.4) is 0 Å². The van der Waals surface area contributed by atoms with E-state index in [2.05, 4.69) is 16.0 Å². The zero-order valence-corrected chi connectivity index (χ0v) is 19.8. The lowest BCUT2D eigenvalue weighted by Gasteiger charge is -2.20. The first kappa shape index (κ1) is 23.6. The van der Waals surface area contributed by atoms with E-state index in [-0.39, 0.29) is 11.8 Å². The number of methoxy groups -OCH3 is 2. The number of ether oxygens (including phenoxy) is 2. The molecule has 0 saturated heterocycles. The van der Waals surface area contributed by atoms with Gasteiger partial charge in [-0.3, -0.25) is 9.59 Å². The van der Waals surface area contributed by atoms with E-state index in [1.54, 1.807) is 43.3 Å². The fourth-order valence-corrected chi connectivity index (χ4v) is 3.71. The SMILES string of the molecule is COc1cc(N[C@@H](C)C(=O)Nc2ccc3ccccc3c2)c(OC)cc1NC(=O)c1ccccc1. The van der Waals surface area contributed by atoms with Crippen molar-refractivity contribution in [2.24, 2.45) is 0 Å². The summed E-state index contributed by atoms with van der Waals surface area (Å²) in [5.74, 6) is 0.414. The van der Waals surface area contributed by atoms with Gasteiger partial charge in [-0.2, -0.15) is 0 Å². The first-order valence-electron chi connectivity index (χ1n) is 11.2. The fourth-order valence-electron chi connectivity index (χ4n) is 3.71. The predicted octanol–water partition coefficient (Wildman–Crippen LogP) is 5.55. The molecule has 2 amide bonds. The second-order valence-electron chi connectivity index (χ2n) is 7.99. The van der Waals surface area contributed by atoms with E-state index in [1.807, 2.05) is 48.5 Å². The molecule has 0 saturated carbocycles. The zero-order chi connectivity index (χ0) is 24.8. The minimum atomic E-state index is -0.579. The number of anilines is 3. The van der Waals surface area contributed by atoms with Gasteiger partial charge in [0.2, 0.25) is 5.91 Å². The second-order valence-corrected chi connectivity index (χ2v) is 7.99. The van der Waals surface area contributed by atoms with Gasteiger partial charge in [0, 0.05) is 23.4 Å². The third-order valence-corrected chi connectivity index (χ3v) is 5.59. The van der Waals surface area contributed by atoms with E-state index in [9.17, 15) is 9.59 Å². The van der Waals surface area contributed by atoms with Crippen LogP contribution in [0.25, 0.3) is 10.8 Å². The summed E-state index contributed by atoms with van der Waals surface area (Å²) < 4.78 is 11.0. The number of carbonyl (C=O) groups excluding carboxylic acids is 2. The predicted molar refractivity (Wildman–Crippen MR) is 140 cm³/mol. The Balaban J connectivity index is 1.50. The topological polar surface area (TPSA) is 88.7 Å². The molecule has 0 aliphatic carbocycles. The van der Waals surface area contributed by atoms with Crippen molar-refractivity contribution in [3.63, 3.8) is 0 Å². The van der Waals surface area contributed by atoms with Crippen molar-refractivity contribution >= 4 is 39.6 Å². The fraction of sp³-hybridized carbons (Fsp3) is 0.143. The molecule has 178 valence electrons. The van der Waals surface area contributed by atoms with E-state index in [0.717, 1.165) is 10.8 Å². The summed E-state index contributed by atoms with van der Waals surface area (Å²) in [6.07, 6.45) is 0. The van der Waals surface area contributed by atoms with E-state index in [0.29, 0.717) is 34.1 Å². The van der Waals surface area contributed by atoms with E-state index >= 15 is 0 Å². The summed E-state index contributed by atoms with van der Waals surface area (Å²) in [4.78, 5) is 25.5. The van der Waals surface area contributed by atoms with Crippen LogP contribution < -0.4 is 25.4 Å². The molecule has 7 nitrogen and oxygen atoms in total. The van der Waals surface area contributed by atoms with Crippen LogP contribution in [0.4, 0.5) is 17.1 Å². The van der Waals surface area contributed by atoms with Gasteiger partial charge in [0.05, 0.1) is 25.6 Å². The van der Waals surface area contributed by atoms with Crippen molar-refractivity contribution in [3.05, 3.63) is 90.5 Å². The van der Waals surface area contributed by atoms with Crippen molar-refractivity contribution in [3.8, 4) is 11.5 Å². The Hall–Kier alpha value is -4.52. The highest BCUT2D eigenvalue weighted by Gasteiger charge is 2.19. The van der Waals surface area contributed by atoms with E-state index in [4.69, 9.17) is 9.47 Å². The van der Waals surface area contributed by atoms with Gasteiger partial charge in [-0.1, -0.05) is 48.5 Å². The number of benzene rings is 4. The molecule has 0 aliphatic rings. The molecule has 4 aromatic carbocycles. The molecular formula is C28H27N3O4. The van der Waals surface area contributed by atoms with Crippen molar-refractivity contribution < 1.29 is 19.1 Å². The van der Waals surface area contributed by atoms with Crippen LogP contribution in [-0.2, 0) is 4.79 Å². The Labute approximate surface area is 204 Å². The van der Waals surface area contributed by atoms with E-state index < -0.39 is 6.04 Å². The minimum Gasteiger partial charge on any atom is -0.495 e. The number of fused-ring (bicyclic) bond motifs is 1. The smallest absolute Gasteiger partial charge is 0.255 e. The maximum Gasteiger partial charge on any atom is 0.255 e. The number of carbonyl (C=O) groups is 2. The van der Waals surface area contributed by atoms with E-state index in [1.165, 1.54) is 14.2 Å². The van der Waals surface area contributed by atoms with Crippen molar-refractivity contribution in [2.45, 2.75) is 13.0 Å². The van der Waals surface area contributed by atoms with Gasteiger partial charge in [0.25, 0.3) is 5.91 Å². The molecule has 0 spiro atoms. The molecule has 0 fully saturated rings. The van der Waals surface area contributed by atoms with Gasteiger partial charge in [0.1, 0.15) is 17.5 Å². The standard InChI is InChI=1S/C28H27N3O4/c1-18(27(32)30-22-14-13-19-9-7-8-12-21(19)15-22)29-23-16-26(35-3)24(17-25(23)34-2)31-28(33)20-10-5-4-6-11-20/h4-18,29H,1-3H3,(H,30,32)(H,31,33)/t18-/m0/s1. The molecule has 0 bridgehead atoms. The Morgan fingerprint density at radius 1 is 0.714 bits per heavy atom. The molecule has 0 aromatic heterocycles. The molecule has 0 radical (unpaired) electrons. The van der Waals surface area contributed by atoms with Gasteiger partial charge >= 0.3 is 0 Å². The summed E-state index contributed by atoms with van der Waals surface area (Å²) in [5.41, 5.74) is 2.25. The summed E-state index contributed by atoms with van der Waals surface area (Å²) in [6, 6.07) is 25.4. The van der Waals surface area contributed by atoms with Crippen LogP contribution in [0, 0.1) is 0 Å². The van der Waals surface area contributed by atoms with Crippen LogP contribution in [0.15, 0.2) is 84.9 Å². The Morgan fingerprint density at radius 3 is 2.06 bits per heavy atom. The highest BCUT2D eigenvalue weighted by atomic mass is 16.5. The van der Waals surface area contributed by atoms with Crippen molar-refractivity contribution in [1.29, 1.82) is 0 Å². The third-order valence-electron chi connectivity index (χ3n) is 5.59. The quantitative estimate of drug-likeness (QED) is 0.315. The third kappa shape index (κ3) is 5.52. The summed E-state index contributed by atoms with van der Waals surface area (Å²) in [5, 5.41) is 11.1. The lowest BCUT2D eigenvalue weighted by Crippen LogP contribution is -2.32. The van der Waals surface area contributed by atoms with Gasteiger partial charge in [-0.25, -0.2) is 0 Å². The summed E-state index contributed by atoms with van der Waals surface area (Å²) in [7, 11) is 3.04. The number of hydrogen-bond donors (Lipinski definition) is 3. The molecule has 4 aromatic rings.